The molecule has 0 bridgehead atoms. The number of primary amides is 1. The van der Waals surface area contributed by atoms with Gasteiger partial charge >= 0.3 is 6.18 Å². The molecule has 0 aromatic heterocycles. The second-order valence-corrected chi connectivity index (χ2v) is 6.74. The minimum atomic E-state index is -4.65. The largest absolute Gasteiger partial charge is 0.493 e. The zero-order chi connectivity index (χ0) is 23.2. The first kappa shape index (κ1) is 23.8. The van der Waals surface area contributed by atoms with E-state index in [0.29, 0.717) is 16.0 Å². The Kier molecular flexibility index (Phi) is 7.72. The molecule has 2 amide bonds. The summed E-state index contributed by atoms with van der Waals surface area (Å²) in [6.45, 7) is -2.38. The summed E-state index contributed by atoms with van der Waals surface area (Å²) in [6, 6.07) is 9.99. The van der Waals surface area contributed by atoms with Gasteiger partial charge < -0.3 is 20.1 Å². The molecule has 0 aliphatic heterocycles. The van der Waals surface area contributed by atoms with Crippen molar-refractivity contribution in [2.45, 2.75) is 12.7 Å². The van der Waals surface area contributed by atoms with Gasteiger partial charge in [-0.3, -0.25) is 9.59 Å². The third kappa shape index (κ3) is 6.79. The third-order valence-electron chi connectivity index (χ3n) is 3.95. The Labute approximate surface area is 180 Å². The van der Waals surface area contributed by atoms with Crippen molar-refractivity contribution in [2.24, 2.45) is 5.73 Å². The average molecular weight is 456 g/mol. The van der Waals surface area contributed by atoms with Crippen LogP contribution in [0.3, 0.4) is 0 Å². The van der Waals surface area contributed by atoms with Crippen molar-refractivity contribution in [3.63, 3.8) is 0 Å². The molecule has 31 heavy (non-hydrogen) atoms. The molecule has 0 saturated carbocycles. The molecule has 7 nitrogen and oxygen atoms in total. The van der Waals surface area contributed by atoms with Crippen LogP contribution in [0.2, 0.25) is 5.02 Å². The van der Waals surface area contributed by atoms with Gasteiger partial charge in [0.15, 0.2) is 18.1 Å². The lowest BCUT2D eigenvalue weighted by atomic mass is 10.1. The van der Waals surface area contributed by atoms with E-state index in [2.05, 4.69) is 0 Å². The van der Waals surface area contributed by atoms with Crippen LogP contribution in [0.25, 0.3) is 0 Å². The number of hydrogen-bond donors (Lipinski definition) is 1. The number of ether oxygens (including phenoxy) is 2. The van der Waals surface area contributed by atoms with E-state index in [0.717, 1.165) is 12.1 Å². The summed E-state index contributed by atoms with van der Waals surface area (Å²) in [5, 5.41) is 8.70. The second kappa shape index (κ2) is 10.0. The molecule has 0 atom stereocenters. The Morgan fingerprint density at radius 2 is 1.87 bits per heavy atom. The number of nitriles is 1. The van der Waals surface area contributed by atoms with E-state index < -0.39 is 31.1 Å². The molecule has 0 heterocycles. The van der Waals surface area contributed by atoms with Crippen LogP contribution in [0.5, 0.6) is 11.5 Å². The van der Waals surface area contributed by atoms with Crippen LogP contribution in [0.4, 0.5) is 13.2 Å². The van der Waals surface area contributed by atoms with Crippen LogP contribution in [0.1, 0.15) is 21.5 Å². The quantitative estimate of drug-likeness (QED) is 0.657. The van der Waals surface area contributed by atoms with Gasteiger partial charge in [-0.25, -0.2) is 0 Å². The maximum atomic E-state index is 13.1. The van der Waals surface area contributed by atoms with Gasteiger partial charge in [-0.1, -0.05) is 23.7 Å². The highest BCUT2D eigenvalue weighted by molar-refractivity contribution is 6.32. The molecular formula is C20H17ClF3N3O4. The van der Waals surface area contributed by atoms with Crippen LogP contribution in [0, 0.1) is 11.3 Å². The smallest absolute Gasteiger partial charge is 0.406 e. The van der Waals surface area contributed by atoms with E-state index in [1.807, 2.05) is 6.07 Å². The Morgan fingerprint density at radius 3 is 2.39 bits per heavy atom. The number of amides is 2. The lowest BCUT2D eigenvalue weighted by Gasteiger charge is -2.25. The fraction of sp³-hybridized carbons (Fsp3) is 0.250. The molecule has 0 aliphatic carbocycles. The molecule has 164 valence electrons. The van der Waals surface area contributed by atoms with E-state index >= 15 is 0 Å². The minimum absolute atomic E-state index is 0.0533. The van der Waals surface area contributed by atoms with Crippen LogP contribution >= 0.6 is 11.6 Å². The van der Waals surface area contributed by atoms with Gasteiger partial charge in [0.1, 0.15) is 6.54 Å². The molecule has 2 aromatic carbocycles. The fourth-order valence-corrected chi connectivity index (χ4v) is 2.90. The van der Waals surface area contributed by atoms with Crippen LogP contribution in [-0.2, 0) is 11.3 Å². The predicted octanol–water partition coefficient (Wildman–Crippen LogP) is 3.29. The van der Waals surface area contributed by atoms with Gasteiger partial charge in [-0.2, -0.15) is 18.4 Å². The second-order valence-electron chi connectivity index (χ2n) is 6.33. The Bertz CT molecular complexity index is 1000. The molecule has 0 fully saturated rings. The zero-order valence-corrected chi connectivity index (χ0v) is 17.0. The molecule has 0 aliphatic rings. The van der Waals surface area contributed by atoms with Crippen LogP contribution in [-0.4, -0.2) is 43.2 Å². The van der Waals surface area contributed by atoms with Crippen molar-refractivity contribution in [1.82, 2.24) is 4.90 Å². The number of benzene rings is 2. The first-order valence-electron chi connectivity index (χ1n) is 8.67. The highest BCUT2D eigenvalue weighted by Gasteiger charge is 2.34. The van der Waals surface area contributed by atoms with E-state index in [1.165, 1.54) is 31.4 Å². The first-order chi connectivity index (χ1) is 14.5. The number of nitrogens with two attached hydrogens (primary N) is 1. The summed E-state index contributed by atoms with van der Waals surface area (Å²) in [6.07, 6.45) is -4.65. The minimum Gasteiger partial charge on any atom is -0.493 e. The van der Waals surface area contributed by atoms with Gasteiger partial charge in [0, 0.05) is 12.1 Å². The van der Waals surface area contributed by atoms with Gasteiger partial charge in [-0.05, 0) is 29.8 Å². The molecule has 0 spiro atoms. The van der Waals surface area contributed by atoms with Crippen LogP contribution in [0.15, 0.2) is 36.4 Å². The summed E-state index contributed by atoms with van der Waals surface area (Å²) < 4.78 is 49.6. The summed E-state index contributed by atoms with van der Waals surface area (Å²) in [5.74, 6) is -1.86. The Balaban J connectivity index is 2.37. The standard InChI is InChI=1S/C20H17ClF3N3O4/c1-30-16-7-14(6-15(21)18(16)31-10-17(26)28)19(29)27(11-20(22,23)24)9-13-4-2-12(8-25)3-5-13/h2-7H,9-11H2,1H3,(H2,26,28). The molecule has 0 saturated heterocycles. The van der Waals surface area contributed by atoms with Gasteiger partial charge in [0.25, 0.3) is 11.8 Å². The maximum absolute atomic E-state index is 13.1. The SMILES string of the molecule is COc1cc(C(=O)N(Cc2ccc(C#N)cc2)CC(F)(F)F)cc(Cl)c1OCC(N)=O. The van der Waals surface area contributed by atoms with Crippen molar-refractivity contribution >= 4 is 23.4 Å². The van der Waals surface area contributed by atoms with E-state index in [9.17, 15) is 22.8 Å². The summed E-state index contributed by atoms with van der Waals surface area (Å²) in [4.78, 5) is 24.4. The van der Waals surface area contributed by atoms with Crippen LogP contribution < -0.4 is 15.2 Å². The number of carbonyl (C=O) groups excluding carboxylic acids is 2. The Morgan fingerprint density at radius 1 is 1.23 bits per heavy atom. The van der Waals surface area contributed by atoms with E-state index in [4.69, 9.17) is 32.1 Å². The van der Waals surface area contributed by atoms with Crippen molar-refractivity contribution in [2.75, 3.05) is 20.3 Å². The molecule has 2 rings (SSSR count). The topological polar surface area (TPSA) is 106 Å². The molecule has 11 heteroatoms. The monoisotopic (exact) mass is 455 g/mol. The highest BCUT2D eigenvalue weighted by atomic mass is 35.5. The molecule has 2 N–H and O–H groups in total. The fourth-order valence-electron chi connectivity index (χ4n) is 2.63. The van der Waals surface area contributed by atoms with Gasteiger partial charge in [0.2, 0.25) is 0 Å². The number of alkyl halides is 3. The number of carbonyl (C=O) groups is 2. The van der Waals surface area contributed by atoms with Gasteiger partial charge in [0.05, 0.1) is 23.8 Å². The predicted molar refractivity (Wildman–Crippen MR) is 105 cm³/mol. The van der Waals surface area contributed by atoms with Gasteiger partial charge in [-0.15, -0.1) is 0 Å². The van der Waals surface area contributed by atoms with E-state index in [1.54, 1.807) is 0 Å². The number of rotatable bonds is 8. The summed E-state index contributed by atoms with van der Waals surface area (Å²) >= 11 is 6.09. The van der Waals surface area contributed by atoms with Crippen molar-refractivity contribution in [1.29, 1.82) is 5.26 Å². The third-order valence-corrected chi connectivity index (χ3v) is 4.23. The molecule has 0 radical (unpaired) electrons. The lowest BCUT2D eigenvalue weighted by Crippen LogP contribution is -2.38. The highest BCUT2D eigenvalue weighted by Crippen LogP contribution is 2.37. The van der Waals surface area contributed by atoms with E-state index in [-0.39, 0.29) is 28.6 Å². The Hall–Kier alpha value is -3.45. The molecule has 2 aromatic rings. The molecule has 0 unspecified atom stereocenters. The van der Waals surface area contributed by atoms with Crippen molar-refractivity contribution < 1.29 is 32.2 Å². The van der Waals surface area contributed by atoms with Crippen molar-refractivity contribution in [3.8, 4) is 17.6 Å². The number of halogens is 4. The summed E-state index contributed by atoms with van der Waals surface area (Å²) in [7, 11) is 1.24. The maximum Gasteiger partial charge on any atom is 0.406 e. The normalized spacial score (nSPS) is 10.8. The number of methoxy groups -OCH3 is 1. The molecular weight excluding hydrogens is 439 g/mol. The first-order valence-corrected chi connectivity index (χ1v) is 9.05. The zero-order valence-electron chi connectivity index (χ0n) is 16.2. The average Bonchev–Trinajstić information content (AvgIpc) is 2.70. The lowest BCUT2D eigenvalue weighted by molar-refractivity contribution is -0.141. The van der Waals surface area contributed by atoms with Crippen molar-refractivity contribution in [3.05, 3.63) is 58.1 Å². The number of hydrogen-bond acceptors (Lipinski definition) is 5. The number of nitrogens with zero attached hydrogens (tertiary/aromatic N) is 2. The summed E-state index contributed by atoms with van der Waals surface area (Å²) in [5.41, 5.74) is 5.58.